The first-order chi connectivity index (χ1) is 13.9. The lowest BCUT2D eigenvalue weighted by atomic mass is 9.89. The van der Waals surface area contributed by atoms with E-state index in [0.717, 1.165) is 31.4 Å². The minimum atomic E-state index is -0.506. The van der Waals surface area contributed by atoms with E-state index in [0.29, 0.717) is 18.3 Å². The topological polar surface area (TPSA) is 43.7 Å². The van der Waals surface area contributed by atoms with Gasteiger partial charge in [-0.3, -0.25) is 0 Å². The number of aliphatic hydroxyl groups excluding tert-OH is 2. The van der Waals surface area contributed by atoms with Crippen LogP contribution >= 0.6 is 0 Å². The van der Waals surface area contributed by atoms with E-state index in [1.807, 2.05) is 12.1 Å². The van der Waals surface area contributed by atoms with Crippen LogP contribution in [0.2, 0.25) is 0 Å². The minimum absolute atomic E-state index is 0.142. The van der Waals surface area contributed by atoms with Crippen LogP contribution in [0.15, 0.2) is 60.2 Å². The molecule has 29 heavy (non-hydrogen) atoms. The predicted molar refractivity (Wildman–Crippen MR) is 121 cm³/mol. The van der Waals surface area contributed by atoms with Crippen molar-refractivity contribution < 1.29 is 10.2 Å². The van der Waals surface area contributed by atoms with E-state index >= 15 is 0 Å². The zero-order chi connectivity index (χ0) is 20.8. The van der Waals surface area contributed by atoms with E-state index in [1.54, 1.807) is 0 Å². The van der Waals surface area contributed by atoms with Crippen LogP contribution in [0.25, 0.3) is 0 Å². The normalized spacial score (nSPS) is 27.9. The summed E-state index contributed by atoms with van der Waals surface area (Å²) in [5, 5.41) is 21.0. The van der Waals surface area contributed by atoms with Gasteiger partial charge >= 0.3 is 0 Å². The summed E-state index contributed by atoms with van der Waals surface area (Å²) in [4.78, 5) is 2.22. The highest BCUT2D eigenvalue weighted by atomic mass is 16.3. The monoisotopic (exact) mass is 395 g/mol. The van der Waals surface area contributed by atoms with Gasteiger partial charge in [-0.2, -0.15) is 0 Å². The number of hydrogen-bond acceptors (Lipinski definition) is 3. The highest BCUT2D eigenvalue weighted by molar-refractivity contribution is 5.29. The number of benzene rings is 1. The van der Waals surface area contributed by atoms with Crippen LogP contribution in [0, 0.1) is 24.7 Å². The molecule has 1 aromatic carbocycles. The molecule has 0 saturated heterocycles. The van der Waals surface area contributed by atoms with Crippen LogP contribution in [0.4, 0.5) is 0 Å². The molecule has 0 spiro atoms. The van der Waals surface area contributed by atoms with Crippen LogP contribution in [0.1, 0.15) is 36.8 Å². The first kappa shape index (κ1) is 22.0. The van der Waals surface area contributed by atoms with Gasteiger partial charge in [-0.25, -0.2) is 0 Å². The van der Waals surface area contributed by atoms with Gasteiger partial charge < -0.3 is 15.1 Å². The Balaban J connectivity index is 1.51. The van der Waals surface area contributed by atoms with Crippen LogP contribution in [-0.2, 0) is 6.42 Å². The lowest BCUT2D eigenvalue weighted by Crippen LogP contribution is -2.18. The molecule has 1 aromatic rings. The summed E-state index contributed by atoms with van der Waals surface area (Å²) in [7, 11) is 4.22. The van der Waals surface area contributed by atoms with E-state index in [-0.39, 0.29) is 12.0 Å². The Bertz CT molecular complexity index is 749. The van der Waals surface area contributed by atoms with Crippen molar-refractivity contribution in [2.75, 3.05) is 20.6 Å². The Morgan fingerprint density at radius 3 is 2.86 bits per heavy atom. The summed E-state index contributed by atoms with van der Waals surface area (Å²) in [6.07, 6.45) is 14.9. The molecule has 158 valence electrons. The van der Waals surface area contributed by atoms with Crippen molar-refractivity contribution in [1.82, 2.24) is 4.90 Å². The Labute approximate surface area is 176 Å². The van der Waals surface area contributed by atoms with E-state index in [2.05, 4.69) is 68.4 Å². The van der Waals surface area contributed by atoms with Gasteiger partial charge in [-0.1, -0.05) is 65.8 Å². The van der Waals surface area contributed by atoms with Gasteiger partial charge in [0.15, 0.2) is 0 Å². The molecule has 0 radical (unpaired) electrons. The quantitative estimate of drug-likeness (QED) is 0.484. The number of allylic oxidation sites excluding steroid dienone is 4. The highest BCUT2D eigenvalue weighted by Crippen LogP contribution is 2.47. The van der Waals surface area contributed by atoms with Crippen LogP contribution < -0.4 is 0 Å². The van der Waals surface area contributed by atoms with Crippen molar-refractivity contribution in [1.29, 1.82) is 0 Å². The van der Waals surface area contributed by atoms with Crippen molar-refractivity contribution >= 4 is 0 Å². The third-order valence-corrected chi connectivity index (χ3v) is 6.29. The summed E-state index contributed by atoms with van der Waals surface area (Å²) in [5.74, 6) is 1.08. The molecule has 2 aliphatic carbocycles. The molecule has 2 aliphatic rings. The van der Waals surface area contributed by atoms with E-state index in [4.69, 9.17) is 0 Å². The third-order valence-electron chi connectivity index (χ3n) is 6.29. The molecule has 0 amide bonds. The maximum absolute atomic E-state index is 10.5. The molecule has 0 heterocycles. The smallest absolute Gasteiger partial charge is 0.0761 e. The van der Waals surface area contributed by atoms with E-state index in [1.165, 1.54) is 17.6 Å². The molecule has 0 bridgehead atoms. The van der Waals surface area contributed by atoms with Crippen LogP contribution in [0.5, 0.6) is 0 Å². The molecule has 3 nitrogen and oxygen atoms in total. The number of nitrogens with zero attached hydrogens (tertiary/aromatic N) is 1. The maximum Gasteiger partial charge on any atom is 0.0761 e. The fraction of sp³-hybridized carbons (Fsp3) is 0.538. The minimum Gasteiger partial charge on any atom is -0.392 e. The lowest BCUT2D eigenvalue weighted by Gasteiger charge is -2.18. The molecule has 1 fully saturated rings. The van der Waals surface area contributed by atoms with Gasteiger partial charge in [0.1, 0.15) is 0 Å². The second-order valence-electron chi connectivity index (χ2n) is 9.15. The zero-order valence-corrected chi connectivity index (χ0v) is 18.2. The lowest BCUT2D eigenvalue weighted by molar-refractivity contribution is 0.140. The van der Waals surface area contributed by atoms with E-state index in [9.17, 15) is 10.2 Å². The molecule has 2 N–H and O–H groups in total. The maximum atomic E-state index is 10.5. The van der Waals surface area contributed by atoms with Crippen molar-refractivity contribution in [3.05, 3.63) is 71.3 Å². The summed E-state index contributed by atoms with van der Waals surface area (Å²) in [6.45, 7) is 3.20. The molecular weight excluding hydrogens is 358 g/mol. The largest absolute Gasteiger partial charge is 0.392 e. The summed E-state index contributed by atoms with van der Waals surface area (Å²) in [5.41, 5.74) is 3.78. The molecule has 5 atom stereocenters. The van der Waals surface area contributed by atoms with Crippen molar-refractivity contribution in [2.45, 2.75) is 51.2 Å². The number of rotatable bonds is 9. The second-order valence-corrected chi connectivity index (χ2v) is 9.15. The number of aryl methyl sites for hydroxylation is 1. The van der Waals surface area contributed by atoms with Gasteiger partial charge in [0.25, 0.3) is 0 Å². The van der Waals surface area contributed by atoms with Crippen molar-refractivity contribution in [3.63, 3.8) is 0 Å². The molecule has 0 unspecified atom stereocenters. The average molecular weight is 396 g/mol. The van der Waals surface area contributed by atoms with Crippen LogP contribution in [0.3, 0.4) is 0 Å². The first-order valence-corrected chi connectivity index (χ1v) is 11.0. The first-order valence-electron chi connectivity index (χ1n) is 11.0. The number of hydrogen-bond donors (Lipinski definition) is 2. The third kappa shape index (κ3) is 6.40. The number of fused-ring (bicyclic) bond motifs is 1. The summed E-state index contributed by atoms with van der Waals surface area (Å²) >= 11 is 0. The SMILES string of the molecule is Cc1cccc(C[C@@H](O)C=C[C@@H]2[C@H]3CC(C=CCCCN(C)C)=C[C@H]3C[C@H]2O)c1. The Morgan fingerprint density at radius 2 is 2.10 bits per heavy atom. The fourth-order valence-corrected chi connectivity index (χ4v) is 4.84. The Hall–Kier alpha value is -1.68. The standard InChI is InChI=1S/C26H37NO2/c1-19-8-7-10-20(14-19)16-23(28)11-12-24-25-17-21(15-22(25)18-26(24)29)9-5-4-6-13-27(2)3/h5,7-12,14-15,22-26,28-29H,4,6,13,16-18H2,1-3H3/t22-,23-,24+,25-,26+/m0/s1. The molecule has 1 saturated carbocycles. The molecule has 3 heteroatoms. The molecular formula is C26H37NO2. The number of aliphatic hydroxyl groups is 2. The molecule has 0 aromatic heterocycles. The van der Waals surface area contributed by atoms with Crippen molar-refractivity contribution in [3.8, 4) is 0 Å². The fourth-order valence-electron chi connectivity index (χ4n) is 4.84. The highest BCUT2D eigenvalue weighted by Gasteiger charge is 2.42. The Kier molecular flexibility index (Phi) is 7.88. The van der Waals surface area contributed by atoms with Gasteiger partial charge in [0.05, 0.1) is 12.2 Å². The van der Waals surface area contributed by atoms with Gasteiger partial charge in [0.2, 0.25) is 0 Å². The van der Waals surface area contributed by atoms with Gasteiger partial charge in [0, 0.05) is 12.3 Å². The van der Waals surface area contributed by atoms with Gasteiger partial charge in [-0.05, 0) is 70.6 Å². The summed E-state index contributed by atoms with van der Waals surface area (Å²) < 4.78 is 0. The van der Waals surface area contributed by atoms with Gasteiger partial charge in [-0.15, -0.1) is 0 Å². The summed E-state index contributed by atoms with van der Waals surface area (Å²) in [6, 6.07) is 8.28. The van der Waals surface area contributed by atoms with E-state index < -0.39 is 6.10 Å². The zero-order valence-electron chi connectivity index (χ0n) is 18.2. The number of unbranched alkanes of at least 4 members (excludes halogenated alkanes) is 1. The van der Waals surface area contributed by atoms with Crippen molar-refractivity contribution in [2.24, 2.45) is 17.8 Å². The Morgan fingerprint density at radius 1 is 1.28 bits per heavy atom. The predicted octanol–water partition coefficient (Wildman–Crippen LogP) is 4.30. The second kappa shape index (κ2) is 10.4. The van der Waals surface area contributed by atoms with Crippen LogP contribution in [-0.4, -0.2) is 48.0 Å². The molecule has 0 aliphatic heterocycles. The average Bonchev–Trinajstić information content (AvgIpc) is 3.16. The molecule has 3 rings (SSSR count).